The molecule has 0 radical (unpaired) electrons. The van der Waals surface area contributed by atoms with Gasteiger partial charge in [0.2, 0.25) is 0 Å². The molecular formula is C6H6N6. The second kappa shape index (κ2) is 2.81. The lowest BCUT2D eigenvalue weighted by molar-refractivity contribution is 0.801. The predicted octanol–water partition coefficient (Wildman–Crippen LogP) is -1.30. The lowest BCUT2D eigenvalue weighted by Crippen LogP contribution is -2.35. The fourth-order valence-corrected chi connectivity index (χ4v) is 0.778. The van der Waals surface area contributed by atoms with Crippen LogP contribution in [0.4, 0.5) is 0 Å². The SMILES string of the molecule is N#CC1=C(N)C(C#N)C(N)=NN1. The number of rotatable bonds is 0. The van der Waals surface area contributed by atoms with Crippen LogP contribution >= 0.6 is 0 Å². The predicted molar refractivity (Wildman–Crippen MR) is 40.7 cm³/mol. The highest BCUT2D eigenvalue weighted by atomic mass is 15.3. The maximum atomic E-state index is 8.58. The molecule has 1 atom stereocenters. The molecule has 0 bridgehead atoms. The summed E-state index contributed by atoms with van der Waals surface area (Å²) in [6.07, 6.45) is 0. The molecule has 1 unspecified atom stereocenters. The Balaban J connectivity index is 3.07. The number of nitriles is 2. The zero-order valence-electron chi connectivity index (χ0n) is 6.07. The Morgan fingerprint density at radius 3 is 2.58 bits per heavy atom. The van der Waals surface area contributed by atoms with Crippen LogP contribution < -0.4 is 16.9 Å². The molecule has 6 nitrogen and oxygen atoms in total. The highest BCUT2D eigenvalue weighted by Gasteiger charge is 2.23. The van der Waals surface area contributed by atoms with Crippen LogP contribution in [0.2, 0.25) is 0 Å². The lowest BCUT2D eigenvalue weighted by Gasteiger charge is -2.15. The van der Waals surface area contributed by atoms with Crippen LogP contribution in [-0.2, 0) is 0 Å². The van der Waals surface area contributed by atoms with Gasteiger partial charge in [0.25, 0.3) is 0 Å². The minimum Gasteiger partial charge on any atom is -0.398 e. The highest BCUT2D eigenvalue weighted by Crippen LogP contribution is 2.11. The van der Waals surface area contributed by atoms with Gasteiger partial charge in [-0.2, -0.15) is 15.6 Å². The van der Waals surface area contributed by atoms with E-state index in [1.807, 2.05) is 6.07 Å². The number of amidine groups is 1. The molecule has 0 saturated carbocycles. The Bertz CT molecular complexity index is 338. The number of nitrogens with zero attached hydrogens (tertiary/aromatic N) is 3. The second-order valence-corrected chi connectivity index (χ2v) is 2.15. The van der Waals surface area contributed by atoms with Crippen molar-refractivity contribution in [1.82, 2.24) is 5.43 Å². The zero-order chi connectivity index (χ0) is 9.14. The maximum Gasteiger partial charge on any atom is 0.154 e. The first-order valence-corrected chi connectivity index (χ1v) is 3.09. The van der Waals surface area contributed by atoms with E-state index in [1.54, 1.807) is 6.07 Å². The summed E-state index contributed by atoms with van der Waals surface area (Å²) < 4.78 is 0. The Hall–Kier alpha value is -2.21. The molecule has 0 amide bonds. The van der Waals surface area contributed by atoms with E-state index in [2.05, 4.69) is 10.5 Å². The smallest absolute Gasteiger partial charge is 0.154 e. The first-order valence-electron chi connectivity index (χ1n) is 3.09. The highest BCUT2D eigenvalue weighted by molar-refractivity contribution is 5.88. The third kappa shape index (κ3) is 1.02. The minimum atomic E-state index is -0.791. The van der Waals surface area contributed by atoms with Crippen LogP contribution in [0.5, 0.6) is 0 Å². The van der Waals surface area contributed by atoms with Gasteiger partial charge in [-0.3, -0.25) is 5.43 Å². The van der Waals surface area contributed by atoms with E-state index in [0.29, 0.717) is 0 Å². The summed E-state index contributed by atoms with van der Waals surface area (Å²) in [5.74, 6) is -0.713. The molecule has 1 aliphatic rings. The number of hydrogen-bond donors (Lipinski definition) is 3. The van der Waals surface area contributed by atoms with Gasteiger partial charge in [-0.15, -0.1) is 0 Å². The summed E-state index contributed by atoms with van der Waals surface area (Å²) in [7, 11) is 0. The molecule has 60 valence electrons. The molecule has 0 aromatic rings. The first-order chi connectivity index (χ1) is 5.70. The first kappa shape index (κ1) is 7.89. The van der Waals surface area contributed by atoms with E-state index in [4.69, 9.17) is 22.0 Å². The van der Waals surface area contributed by atoms with Crippen molar-refractivity contribution < 1.29 is 0 Å². The molecule has 1 rings (SSSR count). The van der Waals surface area contributed by atoms with Crippen molar-refractivity contribution in [2.24, 2.45) is 22.5 Å². The summed E-state index contributed by atoms with van der Waals surface area (Å²) in [4.78, 5) is 0. The van der Waals surface area contributed by atoms with Crippen LogP contribution in [0.15, 0.2) is 16.5 Å². The van der Waals surface area contributed by atoms with Crippen molar-refractivity contribution in [3.05, 3.63) is 11.4 Å². The summed E-state index contributed by atoms with van der Waals surface area (Å²) in [5, 5.41) is 20.6. The average molecular weight is 162 g/mol. The normalized spacial score (nSPS) is 21.8. The molecule has 0 aromatic carbocycles. The minimum absolute atomic E-state index is 0.0778. The van der Waals surface area contributed by atoms with Gasteiger partial charge in [-0.25, -0.2) is 0 Å². The molecule has 0 fully saturated rings. The van der Waals surface area contributed by atoms with Gasteiger partial charge in [-0.05, 0) is 0 Å². The van der Waals surface area contributed by atoms with E-state index < -0.39 is 5.92 Å². The van der Waals surface area contributed by atoms with Crippen molar-refractivity contribution in [1.29, 1.82) is 10.5 Å². The monoisotopic (exact) mass is 162 g/mol. The Morgan fingerprint density at radius 2 is 2.08 bits per heavy atom. The van der Waals surface area contributed by atoms with Crippen molar-refractivity contribution >= 4 is 5.84 Å². The van der Waals surface area contributed by atoms with Gasteiger partial charge < -0.3 is 11.5 Å². The lowest BCUT2D eigenvalue weighted by atomic mass is 10.0. The van der Waals surface area contributed by atoms with E-state index in [0.717, 1.165) is 0 Å². The van der Waals surface area contributed by atoms with E-state index in [9.17, 15) is 0 Å². The molecule has 0 aliphatic carbocycles. The quantitative estimate of drug-likeness (QED) is 0.408. The molecule has 12 heavy (non-hydrogen) atoms. The van der Waals surface area contributed by atoms with Crippen LogP contribution in [-0.4, -0.2) is 5.84 Å². The number of allylic oxidation sites excluding steroid dienone is 1. The molecule has 0 aromatic heterocycles. The standard InChI is InChI=1S/C6H6N6/c7-1-3-5(9)4(2-8)11-12-6(3)10/h3,11H,9H2,(H2,10,12). The third-order valence-electron chi connectivity index (χ3n) is 1.43. The largest absolute Gasteiger partial charge is 0.398 e. The summed E-state index contributed by atoms with van der Waals surface area (Å²) in [6, 6.07) is 3.61. The Morgan fingerprint density at radius 1 is 1.42 bits per heavy atom. The zero-order valence-corrected chi connectivity index (χ0v) is 6.07. The molecule has 5 N–H and O–H groups in total. The van der Waals surface area contributed by atoms with E-state index >= 15 is 0 Å². The fraction of sp³-hybridized carbons (Fsp3) is 0.167. The number of nitrogens with one attached hydrogen (secondary N) is 1. The second-order valence-electron chi connectivity index (χ2n) is 2.15. The average Bonchev–Trinajstić information content (AvgIpc) is 2.06. The van der Waals surface area contributed by atoms with E-state index in [1.165, 1.54) is 0 Å². The number of hydrazone groups is 1. The van der Waals surface area contributed by atoms with Crippen LogP contribution in [0.1, 0.15) is 0 Å². The summed E-state index contributed by atoms with van der Waals surface area (Å²) in [6.45, 7) is 0. The Kier molecular flexibility index (Phi) is 1.84. The van der Waals surface area contributed by atoms with Gasteiger partial charge in [0.1, 0.15) is 17.8 Å². The van der Waals surface area contributed by atoms with Gasteiger partial charge in [0.05, 0.1) is 11.8 Å². The van der Waals surface area contributed by atoms with Crippen molar-refractivity contribution in [3.63, 3.8) is 0 Å². The van der Waals surface area contributed by atoms with E-state index in [-0.39, 0.29) is 17.2 Å². The molecule has 6 heteroatoms. The third-order valence-corrected chi connectivity index (χ3v) is 1.43. The number of hydrogen-bond acceptors (Lipinski definition) is 6. The van der Waals surface area contributed by atoms with Crippen molar-refractivity contribution in [2.45, 2.75) is 0 Å². The van der Waals surface area contributed by atoms with Crippen molar-refractivity contribution in [2.75, 3.05) is 0 Å². The molecule has 0 saturated heterocycles. The maximum absolute atomic E-state index is 8.58. The van der Waals surface area contributed by atoms with Gasteiger partial charge in [0, 0.05) is 0 Å². The van der Waals surface area contributed by atoms with Crippen LogP contribution in [0.25, 0.3) is 0 Å². The number of nitrogens with two attached hydrogens (primary N) is 2. The topological polar surface area (TPSA) is 124 Å². The molecule has 1 heterocycles. The van der Waals surface area contributed by atoms with Crippen LogP contribution in [0, 0.1) is 28.6 Å². The summed E-state index contributed by atoms with van der Waals surface area (Å²) >= 11 is 0. The van der Waals surface area contributed by atoms with Gasteiger partial charge in [-0.1, -0.05) is 0 Å². The van der Waals surface area contributed by atoms with Crippen LogP contribution in [0.3, 0.4) is 0 Å². The molecule has 1 aliphatic heterocycles. The molecular weight excluding hydrogens is 156 g/mol. The Labute approximate surface area is 68.7 Å². The molecule has 0 spiro atoms. The fourth-order valence-electron chi connectivity index (χ4n) is 0.778. The van der Waals surface area contributed by atoms with Gasteiger partial charge in [0.15, 0.2) is 5.70 Å². The van der Waals surface area contributed by atoms with Crippen molar-refractivity contribution in [3.8, 4) is 12.1 Å². The van der Waals surface area contributed by atoms with Gasteiger partial charge >= 0.3 is 0 Å². The summed E-state index contributed by atoms with van der Waals surface area (Å²) in [5.41, 5.74) is 13.3.